The SMILES string of the molecule is C=C(COCCCCC(F)(F)C(F)(F)S(=O)(=O)O)C(=O)OC1CCOC(C)(O)C1. The molecule has 0 spiro atoms. The number of carbonyl (C=O) groups is 1. The minimum absolute atomic E-state index is 0.0700. The molecule has 0 amide bonds. The van der Waals surface area contributed by atoms with Gasteiger partial charge in [0.25, 0.3) is 0 Å². The first-order valence-electron chi connectivity index (χ1n) is 8.64. The summed E-state index contributed by atoms with van der Waals surface area (Å²) >= 11 is 0. The van der Waals surface area contributed by atoms with Crippen molar-refractivity contribution in [3.8, 4) is 0 Å². The molecule has 0 radical (unpaired) electrons. The van der Waals surface area contributed by atoms with Crippen LogP contribution in [0, 0.1) is 0 Å². The van der Waals surface area contributed by atoms with Crippen LogP contribution in [0.2, 0.25) is 0 Å². The number of aliphatic hydroxyl groups is 1. The molecule has 29 heavy (non-hydrogen) atoms. The molecule has 0 aliphatic carbocycles. The van der Waals surface area contributed by atoms with Gasteiger partial charge in [0.15, 0.2) is 5.79 Å². The van der Waals surface area contributed by atoms with Crippen LogP contribution in [-0.4, -0.2) is 66.9 Å². The van der Waals surface area contributed by atoms with Crippen molar-refractivity contribution in [2.45, 2.75) is 62.1 Å². The molecule has 1 rings (SSSR count). The minimum Gasteiger partial charge on any atom is -0.459 e. The number of hydrogen-bond donors (Lipinski definition) is 2. The molecule has 1 aliphatic rings. The van der Waals surface area contributed by atoms with E-state index in [4.69, 9.17) is 18.8 Å². The predicted molar refractivity (Wildman–Crippen MR) is 90.9 cm³/mol. The van der Waals surface area contributed by atoms with Crippen LogP contribution in [0.5, 0.6) is 0 Å². The third-order valence-electron chi connectivity index (χ3n) is 4.08. The fourth-order valence-electron chi connectivity index (χ4n) is 2.47. The van der Waals surface area contributed by atoms with Crippen molar-refractivity contribution < 1.29 is 54.6 Å². The Kier molecular flexibility index (Phi) is 8.60. The molecular weight excluding hydrogens is 428 g/mol. The second-order valence-corrected chi connectivity index (χ2v) is 8.32. The summed E-state index contributed by atoms with van der Waals surface area (Å²) < 4.78 is 96.9. The van der Waals surface area contributed by atoms with Crippen molar-refractivity contribution in [3.63, 3.8) is 0 Å². The Morgan fingerprint density at radius 3 is 2.48 bits per heavy atom. The van der Waals surface area contributed by atoms with Crippen LogP contribution in [0.15, 0.2) is 12.2 Å². The molecule has 1 saturated heterocycles. The summed E-state index contributed by atoms with van der Waals surface area (Å²) in [6.07, 6.45) is -2.26. The zero-order valence-corrected chi connectivity index (χ0v) is 16.5. The van der Waals surface area contributed by atoms with Crippen LogP contribution in [0.4, 0.5) is 17.6 Å². The van der Waals surface area contributed by atoms with Gasteiger partial charge in [-0.1, -0.05) is 6.58 Å². The van der Waals surface area contributed by atoms with Gasteiger partial charge < -0.3 is 19.3 Å². The van der Waals surface area contributed by atoms with Crippen LogP contribution in [-0.2, 0) is 29.1 Å². The van der Waals surface area contributed by atoms with E-state index in [0.717, 1.165) is 0 Å². The average Bonchev–Trinajstić information content (AvgIpc) is 2.55. The smallest absolute Gasteiger partial charge is 0.431 e. The molecule has 1 fully saturated rings. The van der Waals surface area contributed by atoms with Gasteiger partial charge in [-0.3, -0.25) is 4.55 Å². The molecule has 13 heteroatoms. The van der Waals surface area contributed by atoms with Gasteiger partial charge in [-0.2, -0.15) is 26.0 Å². The highest BCUT2D eigenvalue weighted by molar-refractivity contribution is 7.87. The second kappa shape index (κ2) is 9.69. The lowest BCUT2D eigenvalue weighted by molar-refractivity contribution is -0.235. The Morgan fingerprint density at radius 1 is 1.31 bits per heavy atom. The predicted octanol–water partition coefficient (Wildman–Crippen LogP) is 2.28. The Labute approximate surface area is 165 Å². The van der Waals surface area contributed by atoms with Gasteiger partial charge in [0.2, 0.25) is 0 Å². The number of unbranched alkanes of at least 4 members (excludes halogenated alkanes) is 1. The van der Waals surface area contributed by atoms with Crippen molar-refractivity contribution in [1.29, 1.82) is 0 Å². The zero-order chi connectivity index (χ0) is 22.5. The number of carbonyl (C=O) groups excluding carboxylic acids is 1. The number of hydrogen-bond acceptors (Lipinski definition) is 7. The molecule has 8 nitrogen and oxygen atoms in total. The Balaban J connectivity index is 2.29. The fraction of sp³-hybridized carbons (Fsp3) is 0.812. The Hall–Kier alpha value is -1.28. The number of esters is 1. The molecular formula is C16H24F4O8S. The van der Waals surface area contributed by atoms with Crippen molar-refractivity contribution in [1.82, 2.24) is 0 Å². The highest BCUT2D eigenvalue weighted by atomic mass is 32.2. The van der Waals surface area contributed by atoms with Gasteiger partial charge >= 0.3 is 27.3 Å². The molecule has 2 atom stereocenters. The molecule has 2 unspecified atom stereocenters. The van der Waals surface area contributed by atoms with E-state index in [9.17, 15) is 35.9 Å². The molecule has 0 saturated carbocycles. The van der Waals surface area contributed by atoms with E-state index in [-0.39, 0.29) is 38.2 Å². The maximum atomic E-state index is 13.3. The standard InChI is InChI=1S/C16H24F4O8S/c1-11(13(21)28-12-5-8-27-14(2,22)9-12)10-26-7-4-3-6-15(17,18)16(19,20)29(23,24)25/h12,22H,1,3-10H2,2H3,(H,23,24,25). The fourth-order valence-corrected chi connectivity index (χ4v) is 2.95. The van der Waals surface area contributed by atoms with Crippen LogP contribution in [0.25, 0.3) is 0 Å². The maximum Gasteiger partial charge on any atom is 0.431 e. The average molecular weight is 452 g/mol. The van der Waals surface area contributed by atoms with E-state index in [2.05, 4.69) is 6.58 Å². The van der Waals surface area contributed by atoms with Crippen LogP contribution >= 0.6 is 0 Å². The molecule has 0 aromatic rings. The Morgan fingerprint density at radius 2 is 1.93 bits per heavy atom. The normalized spacial score (nSPS) is 23.6. The van der Waals surface area contributed by atoms with E-state index >= 15 is 0 Å². The van der Waals surface area contributed by atoms with Crippen molar-refractivity contribution >= 4 is 16.1 Å². The minimum atomic E-state index is -6.25. The number of halogens is 4. The highest BCUT2D eigenvalue weighted by Gasteiger charge is 2.64. The Bertz CT molecular complexity index is 693. The molecule has 0 aromatic heterocycles. The van der Waals surface area contributed by atoms with E-state index in [1.54, 1.807) is 0 Å². The first-order chi connectivity index (χ1) is 13.1. The topological polar surface area (TPSA) is 119 Å². The molecule has 1 aliphatic heterocycles. The lowest BCUT2D eigenvalue weighted by Gasteiger charge is -2.33. The quantitative estimate of drug-likeness (QED) is 0.161. The number of ether oxygens (including phenoxy) is 3. The number of alkyl halides is 4. The van der Waals surface area contributed by atoms with E-state index in [1.807, 2.05) is 0 Å². The maximum absolute atomic E-state index is 13.3. The second-order valence-electron chi connectivity index (χ2n) is 6.85. The summed E-state index contributed by atoms with van der Waals surface area (Å²) in [5.74, 6) is -7.12. The van der Waals surface area contributed by atoms with Crippen molar-refractivity contribution in [2.75, 3.05) is 19.8 Å². The monoisotopic (exact) mass is 452 g/mol. The number of rotatable bonds is 11. The van der Waals surface area contributed by atoms with Crippen LogP contribution in [0.3, 0.4) is 0 Å². The summed E-state index contributed by atoms with van der Waals surface area (Å²) in [6.45, 7) is 4.62. The van der Waals surface area contributed by atoms with Crippen molar-refractivity contribution in [3.05, 3.63) is 12.2 Å². The summed E-state index contributed by atoms with van der Waals surface area (Å²) in [4.78, 5) is 11.9. The van der Waals surface area contributed by atoms with Crippen LogP contribution < -0.4 is 0 Å². The van der Waals surface area contributed by atoms with Gasteiger partial charge in [0.05, 0.1) is 18.8 Å². The lowest BCUT2D eigenvalue weighted by Crippen LogP contribution is -2.46. The molecule has 2 N–H and O–H groups in total. The third kappa shape index (κ3) is 7.48. The van der Waals surface area contributed by atoms with E-state index in [1.165, 1.54) is 6.92 Å². The molecule has 0 bridgehead atoms. The summed E-state index contributed by atoms with van der Waals surface area (Å²) in [6, 6.07) is 0. The van der Waals surface area contributed by atoms with Gasteiger partial charge in [0, 0.05) is 25.9 Å². The highest BCUT2D eigenvalue weighted by Crippen LogP contribution is 2.41. The first kappa shape index (κ1) is 25.8. The third-order valence-corrected chi connectivity index (χ3v) is 5.02. The van der Waals surface area contributed by atoms with Gasteiger partial charge in [0.1, 0.15) is 6.10 Å². The lowest BCUT2D eigenvalue weighted by atomic mass is 10.0. The van der Waals surface area contributed by atoms with Crippen molar-refractivity contribution in [2.24, 2.45) is 0 Å². The summed E-state index contributed by atoms with van der Waals surface area (Å²) in [5, 5.41) is 4.17. The van der Waals surface area contributed by atoms with Gasteiger partial charge in [-0.05, 0) is 19.8 Å². The molecule has 1 heterocycles. The molecule has 0 aromatic carbocycles. The van der Waals surface area contributed by atoms with Crippen LogP contribution in [0.1, 0.15) is 39.0 Å². The largest absolute Gasteiger partial charge is 0.459 e. The first-order valence-corrected chi connectivity index (χ1v) is 10.1. The van der Waals surface area contributed by atoms with Gasteiger partial charge in [-0.15, -0.1) is 0 Å². The summed E-state index contributed by atoms with van der Waals surface area (Å²) in [7, 11) is -6.25. The van der Waals surface area contributed by atoms with Gasteiger partial charge in [-0.25, -0.2) is 4.79 Å². The van der Waals surface area contributed by atoms with E-state index < -0.39 is 52.0 Å². The zero-order valence-electron chi connectivity index (χ0n) is 15.7. The van der Waals surface area contributed by atoms with E-state index in [0.29, 0.717) is 6.42 Å². The summed E-state index contributed by atoms with van der Waals surface area (Å²) in [5.41, 5.74) is -0.0700. The molecule has 170 valence electrons.